The van der Waals surface area contributed by atoms with Gasteiger partial charge < -0.3 is 9.13 Å². The van der Waals surface area contributed by atoms with Crippen LogP contribution in [0, 0.1) is 56.7 Å². The van der Waals surface area contributed by atoms with Gasteiger partial charge in [-0.3, -0.25) is 0 Å². The molecular formula is C73H37F6N7. The summed E-state index contributed by atoms with van der Waals surface area (Å²) in [4.78, 5) is 0. The maximum absolute atomic E-state index is 15.3. The van der Waals surface area contributed by atoms with Crippen molar-refractivity contribution < 1.29 is 26.3 Å². The van der Waals surface area contributed by atoms with Gasteiger partial charge in [0.2, 0.25) is 0 Å². The Labute approximate surface area is 487 Å². The van der Waals surface area contributed by atoms with Crippen LogP contribution in [0.5, 0.6) is 0 Å². The molecule has 13 rings (SSSR count). The molecule has 0 aliphatic carbocycles. The average Bonchev–Trinajstić information content (AvgIpc) is 1.89. The molecular weight excluding hydrogens is 1090 g/mol. The van der Waals surface area contributed by atoms with Crippen molar-refractivity contribution in [3.8, 4) is 108 Å². The summed E-state index contributed by atoms with van der Waals surface area (Å²) in [7, 11) is 0. The number of hydrogen-bond donors (Lipinski definition) is 0. The maximum Gasteiger partial charge on any atom is 0.417 e. The second-order valence-electron chi connectivity index (χ2n) is 20.7. The quantitative estimate of drug-likeness (QED) is 0.140. The van der Waals surface area contributed by atoms with Crippen molar-refractivity contribution in [2.45, 2.75) is 12.4 Å². The molecule has 0 amide bonds. The number of fused-ring (bicyclic) bond motifs is 6. The van der Waals surface area contributed by atoms with E-state index in [2.05, 4.69) is 30.3 Å². The van der Waals surface area contributed by atoms with Gasteiger partial charge in [0.15, 0.2) is 0 Å². The van der Waals surface area contributed by atoms with Crippen LogP contribution in [0.3, 0.4) is 0 Å². The minimum atomic E-state index is -5.22. The van der Waals surface area contributed by atoms with E-state index in [4.69, 9.17) is 0 Å². The number of hydrogen-bond acceptors (Lipinski definition) is 5. The Balaban J connectivity index is 1.15. The number of aromatic nitrogens is 2. The molecule has 0 fully saturated rings. The zero-order valence-corrected chi connectivity index (χ0v) is 44.8. The Morgan fingerprint density at radius 3 is 0.930 bits per heavy atom. The highest BCUT2D eigenvalue weighted by atomic mass is 19.4. The average molecular weight is 1130 g/mol. The molecule has 7 nitrogen and oxygen atoms in total. The third-order valence-electron chi connectivity index (χ3n) is 15.7. The molecule has 13 aromatic rings. The van der Waals surface area contributed by atoms with Crippen LogP contribution in [0.1, 0.15) is 38.9 Å². The highest BCUT2D eigenvalue weighted by molar-refractivity contribution is 6.14. The van der Waals surface area contributed by atoms with Crippen LogP contribution >= 0.6 is 0 Å². The molecule has 406 valence electrons. The molecule has 0 aliphatic heterocycles. The largest absolute Gasteiger partial charge is 0.417 e. The smallest absolute Gasteiger partial charge is 0.309 e. The molecule has 0 aliphatic rings. The molecule has 0 unspecified atom stereocenters. The number of nitrogens with zero attached hydrogens (tertiary/aromatic N) is 7. The van der Waals surface area contributed by atoms with E-state index in [-0.39, 0.29) is 16.8 Å². The number of halogens is 6. The molecule has 86 heavy (non-hydrogen) atoms. The third-order valence-corrected chi connectivity index (χ3v) is 15.7. The maximum atomic E-state index is 15.3. The van der Waals surface area contributed by atoms with Crippen molar-refractivity contribution in [2.24, 2.45) is 0 Å². The fourth-order valence-corrected chi connectivity index (χ4v) is 11.8. The third kappa shape index (κ3) is 9.27. The predicted octanol–water partition coefficient (Wildman–Crippen LogP) is 19.3. The van der Waals surface area contributed by atoms with Crippen LogP contribution in [0.2, 0.25) is 0 Å². The summed E-state index contributed by atoms with van der Waals surface area (Å²) >= 11 is 0. The van der Waals surface area contributed by atoms with Crippen LogP contribution < -0.4 is 0 Å². The van der Waals surface area contributed by atoms with Crippen LogP contribution in [0.15, 0.2) is 224 Å². The zero-order valence-electron chi connectivity index (χ0n) is 44.8. The van der Waals surface area contributed by atoms with E-state index in [0.717, 1.165) is 39.1 Å². The highest BCUT2D eigenvalue weighted by Gasteiger charge is 2.41. The fourth-order valence-electron chi connectivity index (χ4n) is 11.8. The molecule has 13 heteroatoms. The summed E-state index contributed by atoms with van der Waals surface area (Å²) in [5.74, 6) is 0. The Kier molecular flexibility index (Phi) is 12.9. The Morgan fingerprint density at radius 2 is 0.581 bits per heavy atom. The zero-order chi connectivity index (χ0) is 59.6. The first-order valence-corrected chi connectivity index (χ1v) is 26.8. The van der Waals surface area contributed by atoms with E-state index < -0.39 is 29.0 Å². The fraction of sp³-hybridized carbons (Fsp3) is 0.0274. The Bertz CT molecular complexity index is 4980. The normalized spacial score (nSPS) is 11.5. The van der Waals surface area contributed by atoms with Gasteiger partial charge in [-0.1, -0.05) is 91.0 Å². The molecule has 0 saturated carbocycles. The van der Waals surface area contributed by atoms with E-state index in [0.29, 0.717) is 106 Å². The van der Waals surface area contributed by atoms with Gasteiger partial charge in [-0.15, -0.1) is 0 Å². The van der Waals surface area contributed by atoms with Crippen molar-refractivity contribution in [1.82, 2.24) is 9.13 Å². The van der Waals surface area contributed by atoms with E-state index in [1.807, 2.05) is 106 Å². The van der Waals surface area contributed by atoms with Crippen molar-refractivity contribution in [3.05, 3.63) is 263 Å². The standard InChI is InChI=1S/C73H37F6N7/c74-72(75,76)63-14-5-15-64(73(77,78)79)71(63)56-17-22-57(70(37-56)86-68-26-20-54(50-12-3-8-45(30-50)40-82)35-61(68)62-36-55(21-27-69(62)86)51-13-4-9-46(31-51)41-83)58-32-47(42-84)16-23-65(58)85-66-24-18-52(48-10-1-6-43(28-48)38-80)33-59(66)60-34-53(19-25-67(60)85)49-11-2-7-44(29-49)39-81/h1-37H. The first-order chi connectivity index (χ1) is 41.6. The lowest BCUT2D eigenvalue weighted by Crippen LogP contribution is -2.14. The van der Waals surface area contributed by atoms with Crippen LogP contribution in [-0.4, -0.2) is 9.13 Å². The number of nitriles is 5. The molecule has 0 bridgehead atoms. The molecule has 11 aromatic carbocycles. The molecule has 0 atom stereocenters. The summed E-state index contributed by atoms with van der Waals surface area (Å²) in [6.45, 7) is 0. The summed E-state index contributed by atoms with van der Waals surface area (Å²) in [6, 6.07) is 73.8. The number of alkyl halides is 6. The van der Waals surface area contributed by atoms with E-state index in [1.165, 1.54) is 18.2 Å². The van der Waals surface area contributed by atoms with Crippen molar-refractivity contribution in [1.29, 1.82) is 26.3 Å². The van der Waals surface area contributed by atoms with E-state index in [9.17, 15) is 26.3 Å². The van der Waals surface area contributed by atoms with Crippen molar-refractivity contribution in [2.75, 3.05) is 0 Å². The topological polar surface area (TPSA) is 129 Å². The van der Waals surface area contributed by atoms with Gasteiger partial charge in [0.25, 0.3) is 0 Å². The molecule has 0 radical (unpaired) electrons. The SMILES string of the molecule is N#Cc1cccc(-c2ccc3c(c2)c2cc(-c4cccc(C#N)c4)ccc2n3-c2ccc(C#N)cc2-c2ccc(-c3c(C(F)(F)F)cccc3C(F)(F)F)cc2-n2c3ccc(-c4cccc(C#N)c4)cc3c3cc(-c4cccc(C#N)c4)ccc32)c1. The van der Waals surface area contributed by atoms with Crippen LogP contribution in [0.25, 0.3) is 122 Å². The Hall–Kier alpha value is -12.0. The van der Waals surface area contributed by atoms with Gasteiger partial charge in [0, 0.05) is 38.2 Å². The highest BCUT2D eigenvalue weighted by Crippen LogP contribution is 2.49. The second-order valence-corrected chi connectivity index (χ2v) is 20.7. The van der Waals surface area contributed by atoms with E-state index in [1.54, 1.807) is 91.0 Å². The van der Waals surface area contributed by atoms with E-state index >= 15 is 26.3 Å². The minimum absolute atomic E-state index is 0.169. The first kappa shape index (κ1) is 53.4. The monoisotopic (exact) mass is 1130 g/mol. The molecule has 0 saturated heterocycles. The number of benzene rings is 11. The summed E-state index contributed by atoms with van der Waals surface area (Å²) in [5.41, 5.74) is 7.36. The summed E-state index contributed by atoms with van der Waals surface area (Å²) < 4.78 is 95.5. The lowest BCUT2D eigenvalue weighted by Gasteiger charge is -2.22. The molecule has 2 heterocycles. The van der Waals surface area contributed by atoms with Crippen LogP contribution in [0.4, 0.5) is 26.3 Å². The lowest BCUT2D eigenvalue weighted by atomic mass is 9.90. The van der Waals surface area contributed by atoms with Crippen molar-refractivity contribution >= 4 is 43.6 Å². The summed E-state index contributed by atoms with van der Waals surface area (Å²) in [6.07, 6.45) is -10.4. The first-order valence-electron chi connectivity index (χ1n) is 26.8. The van der Waals surface area contributed by atoms with Crippen molar-refractivity contribution in [3.63, 3.8) is 0 Å². The molecule has 0 N–H and O–H groups in total. The van der Waals surface area contributed by atoms with Crippen LogP contribution in [-0.2, 0) is 12.4 Å². The predicted molar refractivity (Wildman–Crippen MR) is 321 cm³/mol. The van der Waals surface area contributed by atoms with Gasteiger partial charge in [-0.25, -0.2) is 0 Å². The minimum Gasteiger partial charge on any atom is -0.309 e. The van der Waals surface area contributed by atoms with Gasteiger partial charge >= 0.3 is 12.4 Å². The Morgan fingerprint density at radius 1 is 0.267 bits per heavy atom. The second kappa shape index (κ2) is 20.8. The van der Waals surface area contributed by atoms with Gasteiger partial charge in [0.1, 0.15) is 0 Å². The molecule has 0 spiro atoms. The lowest BCUT2D eigenvalue weighted by molar-refractivity contribution is -0.142. The molecule has 2 aromatic heterocycles. The van der Waals surface area contributed by atoms with Gasteiger partial charge in [0.05, 0.1) is 103 Å². The van der Waals surface area contributed by atoms with Gasteiger partial charge in [-0.2, -0.15) is 52.7 Å². The number of rotatable bonds is 8. The van der Waals surface area contributed by atoms with Gasteiger partial charge in [-0.05, 0) is 184 Å². The summed E-state index contributed by atoms with van der Waals surface area (Å²) in [5, 5.41) is 53.1.